The SMILES string of the molecule is Cn1cc(-c2cn3nc4c5ncc(C(=O)NCCN6CCC7(CC7)C6)cc5[nH]c(=O)c4c3s2)cn1. The molecule has 1 aliphatic heterocycles. The van der Waals surface area contributed by atoms with E-state index in [2.05, 4.69) is 30.4 Å². The number of carbonyl (C=O) groups excluding carboxylic acids is 1. The number of H-pyrrole nitrogens is 1. The molecule has 0 atom stereocenters. The van der Waals surface area contributed by atoms with Gasteiger partial charge in [0.25, 0.3) is 11.5 Å². The molecule has 2 fully saturated rings. The topological polar surface area (TPSA) is 113 Å². The average Bonchev–Trinajstić information content (AvgIpc) is 3.21. The van der Waals surface area contributed by atoms with Crippen molar-refractivity contribution in [2.45, 2.75) is 19.3 Å². The number of fused-ring (bicyclic) bond motifs is 5. The van der Waals surface area contributed by atoms with E-state index in [1.54, 1.807) is 27.7 Å². The highest BCUT2D eigenvalue weighted by molar-refractivity contribution is 7.21. The molecular formula is C24H24N8O2S. The molecule has 10 nitrogen and oxygen atoms in total. The molecule has 0 unspecified atom stereocenters. The number of thiazole rings is 1. The first-order valence-electron chi connectivity index (χ1n) is 11.8. The zero-order valence-electron chi connectivity index (χ0n) is 19.2. The summed E-state index contributed by atoms with van der Waals surface area (Å²) in [6.45, 7) is 3.73. The lowest BCUT2D eigenvalue weighted by Gasteiger charge is -2.16. The van der Waals surface area contributed by atoms with Crippen LogP contribution in [0.3, 0.4) is 0 Å². The lowest BCUT2D eigenvalue weighted by molar-refractivity contribution is 0.0949. The first-order chi connectivity index (χ1) is 17.0. The number of aromatic nitrogens is 6. The van der Waals surface area contributed by atoms with Crippen LogP contribution in [0.25, 0.3) is 37.2 Å². The van der Waals surface area contributed by atoms with E-state index in [1.807, 2.05) is 19.4 Å². The van der Waals surface area contributed by atoms with Gasteiger partial charge in [0.15, 0.2) is 0 Å². The lowest BCUT2D eigenvalue weighted by atomic mass is 10.1. The Labute approximate surface area is 203 Å². The molecule has 1 amide bonds. The standard InChI is InChI=1S/C24H24N8O2S/c1-30-11-15(10-27-30)17-12-32-23(35-17)18-20(29-32)19-16(28-22(18)34)8-14(9-26-19)21(33)25-5-7-31-6-4-24(13-31)2-3-24/h8-12H,2-7,13H2,1H3,(H,25,33)(H,28,34). The molecular weight excluding hydrogens is 464 g/mol. The van der Waals surface area contributed by atoms with Crippen LogP contribution in [-0.2, 0) is 7.05 Å². The summed E-state index contributed by atoms with van der Waals surface area (Å²) >= 11 is 1.49. The molecule has 0 bridgehead atoms. The smallest absolute Gasteiger partial charge is 0.261 e. The number of pyridine rings is 2. The molecule has 5 aromatic heterocycles. The summed E-state index contributed by atoms with van der Waals surface area (Å²) in [7, 11) is 1.87. The third-order valence-corrected chi connectivity index (χ3v) is 8.49. The number of likely N-dealkylation sites (tertiary alicyclic amines) is 1. The van der Waals surface area contributed by atoms with E-state index in [9.17, 15) is 9.59 Å². The second-order valence-electron chi connectivity index (χ2n) is 9.83. The molecule has 178 valence electrons. The highest BCUT2D eigenvalue weighted by atomic mass is 32.1. The maximum atomic E-state index is 13.0. The van der Waals surface area contributed by atoms with Crippen molar-refractivity contribution >= 4 is 44.0 Å². The minimum absolute atomic E-state index is 0.187. The Morgan fingerprint density at radius 1 is 1.23 bits per heavy atom. The van der Waals surface area contributed by atoms with Gasteiger partial charge >= 0.3 is 0 Å². The van der Waals surface area contributed by atoms with E-state index in [0.717, 1.165) is 34.9 Å². The molecule has 1 aliphatic carbocycles. The van der Waals surface area contributed by atoms with Gasteiger partial charge in [-0.2, -0.15) is 10.2 Å². The van der Waals surface area contributed by atoms with Gasteiger partial charge in [0.1, 0.15) is 21.3 Å². The van der Waals surface area contributed by atoms with Gasteiger partial charge in [0, 0.05) is 50.8 Å². The van der Waals surface area contributed by atoms with E-state index >= 15 is 0 Å². The minimum atomic E-state index is -0.246. The fourth-order valence-corrected chi connectivity index (χ4v) is 6.25. The molecule has 5 aromatic rings. The average molecular weight is 489 g/mol. The lowest BCUT2D eigenvalue weighted by Crippen LogP contribution is -2.34. The summed E-state index contributed by atoms with van der Waals surface area (Å²) in [5.74, 6) is -0.187. The third kappa shape index (κ3) is 3.45. The Balaban J connectivity index is 1.15. The number of amides is 1. The maximum Gasteiger partial charge on any atom is 0.261 e. The Kier molecular flexibility index (Phi) is 4.43. The van der Waals surface area contributed by atoms with Crippen LogP contribution in [0.4, 0.5) is 0 Å². The van der Waals surface area contributed by atoms with Crippen molar-refractivity contribution in [3.63, 3.8) is 0 Å². The van der Waals surface area contributed by atoms with Gasteiger partial charge in [0.2, 0.25) is 0 Å². The Bertz CT molecular complexity index is 1690. The van der Waals surface area contributed by atoms with E-state index in [4.69, 9.17) is 0 Å². The predicted octanol–water partition coefficient (Wildman–Crippen LogP) is 2.40. The minimum Gasteiger partial charge on any atom is -0.351 e. The van der Waals surface area contributed by atoms with Crippen molar-refractivity contribution in [2.24, 2.45) is 12.5 Å². The molecule has 0 aromatic carbocycles. The third-order valence-electron chi connectivity index (χ3n) is 7.34. The zero-order chi connectivity index (χ0) is 23.7. The van der Waals surface area contributed by atoms with Crippen LogP contribution in [0.15, 0.2) is 35.6 Å². The number of aryl methyl sites for hydroxylation is 1. The van der Waals surface area contributed by atoms with Crippen LogP contribution in [0, 0.1) is 5.41 Å². The number of hydrogen-bond acceptors (Lipinski definition) is 7. The molecule has 2 N–H and O–H groups in total. The summed E-state index contributed by atoms with van der Waals surface area (Å²) < 4.78 is 3.46. The maximum absolute atomic E-state index is 13.0. The van der Waals surface area contributed by atoms with Crippen molar-refractivity contribution in [1.82, 2.24) is 39.6 Å². The largest absolute Gasteiger partial charge is 0.351 e. The van der Waals surface area contributed by atoms with Crippen LogP contribution in [0.2, 0.25) is 0 Å². The fourth-order valence-electron chi connectivity index (χ4n) is 5.19. The molecule has 6 heterocycles. The summed E-state index contributed by atoms with van der Waals surface area (Å²) in [4.78, 5) is 37.3. The highest BCUT2D eigenvalue weighted by Crippen LogP contribution is 2.52. The first kappa shape index (κ1) is 20.8. The van der Waals surface area contributed by atoms with Crippen molar-refractivity contribution in [3.8, 4) is 10.4 Å². The number of aromatic amines is 1. The van der Waals surface area contributed by atoms with Crippen molar-refractivity contribution in [3.05, 3.63) is 46.8 Å². The summed E-state index contributed by atoms with van der Waals surface area (Å²) in [5, 5.41) is 12.4. The molecule has 1 saturated carbocycles. The number of rotatable bonds is 5. The highest BCUT2D eigenvalue weighted by Gasteiger charge is 2.47. The molecule has 35 heavy (non-hydrogen) atoms. The van der Waals surface area contributed by atoms with Crippen molar-refractivity contribution in [1.29, 1.82) is 0 Å². The number of nitrogens with one attached hydrogen (secondary N) is 2. The Morgan fingerprint density at radius 3 is 2.89 bits per heavy atom. The van der Waals surface area contributed by atoms with Crippen LogP contribution in [-0.4, -0.2) is 66.3 Å². The fraction of sp³-hybridized carbons (Fsp3) is 0.375. The summed E-state index contributed by atoms with van der Waals surface area (Å²) in [6, 6.07) is 1.68. The quantitative estimate of drug-likeness (QED) is 0.393. The van der Waals surface area contributed by atoms with Gasteiger partial charge in [-0.1, -0.05) is 0 Å². The Hall–Kier alpha value is -3.57. The van der Waals surface area contributed by atoms with Crippen LogP contribution >= 0.6 is 11.3 Å². The molecule has 0 radical (unpaired) electrons. The first-order valence-corrected chi connectivity index (χ1v) is 12.6. The van der Waals surface area contributed by atoms with Gasteiger partial charge in [0.05, 0.1) is 22.2 Å². The molecule has 1 spiro atoms. The van der Waals surface area contributed by atoms with Crippen molar-refractivity contribution < 1.29 is 4.79 Å². The van der Waals surface area contributed by atoms with Gasteiger partial charge in [-0.3, -0.25) is 19.3 Å². The Morgan fingerprint density at radius 2 is 2.11 bits per heavy atom. The van der Waals surface area contributed by atoms with Crippen LogP contribution in [0.1, 0.15) is 29.6 Å². The van der Waals surface area contributed by atoms with Gasteiger partial charge in [-0.25, -0.2) is 4.52 Å². The molecule has 1 saturated heterocycles. The second-order valence-corrected chi connectivity index (χ2v) is 10.9. The van der Waals surface area contributed by atoms with Crippen molar-refractivity contribution in [2.75, 3.05) is 26.2 Å². The van der Waals surface area contributed by atoms with Gasteiger partial charge in [-0.05, 0) is 37.3 Å². The van der Waals surface area contributed by atoms with Gasteiger partial charge < -0.3 is 15.2 Å². The van der Waals surface area contributed by atoms with E-state index in [1.165, 1.54) is 30.6 Å². The van der Waals surface area contributed by atoms with Crippen LogP contribution in [0.5, 0.6) is 0 Å². The monoisotopic (exact) mass is 488 g/mol. The van der Waals surface area contributed by atoms with E-state index in [0.29, 0.717) is 39.5 Å². The van der Waals surface area contributed by atoms with Crippen LogP contribution < -0.4 is 10.9 Å². The van der Waals surface area contributed by atoms with E-state index < -0.39 is 0 Å². The predicted molar refractivity (Wildman–Crippen MR) is 134 cm³/mol. The number of hydrogen-bond donors (Lipinski definition) is 2. The molecule has 11 heteroatoms. The normalized spacial score (nSPS) is 17.3. The number of carbonyl (C=O) groups is 1. The van der Waals surface area contributed by atoms with Gasteiger partial charge in [-0.15, -0.1) is 11.3 Å². The molecule has 2 aliphatic rings. The number of nitrogens with zero attached hydrogens (tertiary/aromatic N) is 6. The zero-order valence-corrected chi connectivity index (χ0v) is 20.1. The molecule has 7 rings (SSSR count). The second kappa shape index (κ2) is 7.46. The van der Waals surface area contributed by atoms with E-state index in [-0.39, 0.29) is 11.5 Å². The summed E-state index contributed by atoms with van der Waals surface area (Å²) in [6.07, 6.45) is 11.2. The summed E-state index contributed by atoms with van der Waals surface area (Å²) in [5.41, 5.74) is 3.34.